The Kier molecular flexibility index (Phi) is 6.76. The number of carbonyl (C=O) groups excluding carboxylic acids is 1. The van der Waals surface area contributed by atoms with Gasteiger partial charge in [-0.1, -0.05) is 42.5 Å². The quantitative estimate of drug-likeness (QED) is 0.293. The number of hydrogen-bond acceptors (Lipinski definition) is 6. The van der Waals surface area contributed by atoms with Gasteiger partial charge in [-0.05, 0) is 42.4 Å². The first-order valence-corrected chi connectivity index (χ1v) is 11.2. The zero-order chi connectivity index (χ0) is 23.4. The molecule has 0 aliphatic heterocycles. The number of nitrogens with zero attached hydrogens (tertiary/aromatic N) is 3. The van der Waals surface area contributed by atoms with Gasteiger partial charge in [-0.15, -0.1) is 16.4 Å². The molecule has 7 nitrogen and oxygen atoms in total. The predicted octanol–water partition coefficient (Wildman–Crippen LogP) is 5.10. The molecule has 0 saturated heterocycles. The molecule has 2 N–H and O–H groups in total. The summed E-state index contributed by atoms with van der Waals surface area (Å²) in [5.74, 6) is -0.486. The number of hydrogen-bond donors (Lipinski definition) is 2. The lowest BCUT2D eigenvalue weighted by atomic mass is 10.0. The van der Waals surface area contributed by atoms with Crippen LogP contribution in [0.4, 0.5) is 15.3 Å². The molecule has 0 bridgehead atoms. The van der Waals surface area contributed by atoms with Crippen molar-refractivity contribution in [3.05, 3.63) is 82.7 Å². The average Bonchev–Trinajstić information content (AvgIpc) is 3.36. The highest BCUT2D eigenvalue weighted by atomic mass is 32.1. The normalized spacial score (nSPS) is 10.6. The molecular weight excluding hydrogens is 461 g/mol. The smallest absolute Gasteiger partial charge is 0.341 e. The molecule has 0 spiro atoms. The molecule has 33 heavy (non-hydrogen) atoms. The van der Waals surface area contributed by atoms with Gasteiger partial charge in [0.2, 0.25) is 5.95 Å². The van der Waals surface area contributed by atoms with Crippen LogP contribution in [-0.2, 0) is 11.3 Å². The molecule has 2 heterocycles. The van der Waals surface area contributed by atoms with E-state index in [0.717, 1.165) is 21.6 Å². The third kappa shape index (κ3) is 5.24. The van der Waals surface area contributed by atoms with E-state index < -0.39 is 5.97 Å². The maximum absolute atomic E-state index is 13.4. The lowest BCUT2D eigenvalue weighted by Crippen LogP contribution is -2.21. The van der Waals surface area contributed by atoms with Crippen molar-refractivity contribution in [1.82, 2.24) is 14.8 Å². The fourth-order valence-corrected chi connectivity index (χ4v) is 4.70. The minimum Gasteiger partial charge on any atom is -0.465 e. The van der Waals surface area contributed by atoms with E-state index in [4.69, 9.17) is 17.0 Å². The molecule has 2 aromatic carbocycles. The van der Waals surface area contributed by atoms with Crippen LogP contribution >= 0.6 is 23.6 Å². The van der Waals surface area contributed by atoms with Gasteiger partial charge >= 0.3 is 5.97 Å². The Balaban J connectivity index is 1.51. The number of ether oxygens (including phenoxy) is 1. The first kappa shape index (κ1) is 22.6. The summed E-state index contributed by atoms with van der Waals surface area (Å²) >= 11 is 6.83. The Morgan fingerprint density at radius 1 is 1.18 bits per heavy atom. The van der Waals surface area contributed by atoms with Gasteiger partial charge < -0.3 is 10.1 Å². The van der Waals surface area contributed by atoms with Crippen LogP contribution in [0.15, 0.2) is 60.9 Å². The Labute approximate surface area is 199 Å². The fraction of sp³-hybridized carbons (Fsp3) is 0.130. The summed E-state index contributed by atoms with van der Waals surface area (Å²) in [7, 11) is 1.35. The second-order valence-corrected chi connectivity index (χ2v) is 8.70. The summed E-state index contributed by atoms with van der Waals surface area (Å²) < 4.78 is 20.0. The molecule has 2 aromatic heterocycles. The summed E-state index contributed by atoms with van der Waals surface area (Å²) in [4.78, 5) is 17.7. The van der Waals surface area contributed by atoms with Crippen LogP contribution in [0.1, 0.15) is 20.8 Å². The zero-order valence-corrected chi connectivity index (χ0v) is 19.5. The van der Waals surface area contributed by atoms with Crippen molar-refractivity contribution < 1.29 is 13.9 Å². The van der Waals surface area contributed by atoms with Gasteiger partial charge in [0.25, 0.3) is 0 Å². The SMILES string of the molecule is COC(=O)c1c(NC(=S)Nc2ncn(Cc3cccc(F)c3)n2)sc(C)c1-c1ccccc1. The van der Waals surface area contributed by atoms with E-state index in [2.05, 4.69) is 20.7 Å². The average molecular weight is 482 g/mol. The van der Waals surface area contributed by atoms with Crippen molar-refractivity contribution >= 4 is 45.6 Å². The summed E-state index contributed by atoms with van der Waals surface area (Å²) in [5.41, 5.74) is 2.89. The molecule has 0 saturated carbocycles. The van der Waals surface area contributed by atoms with E-state index in [-0.39, 0.29) is 16.9 Å². The Bertz CT molecular complexity index is 1300. The molecule has 168 valence electrons. The minimum atomic E-state index is -0.457. The molecule has 4 aromatic rings. The highest BCUT2D eigenvalue weighted by Crippen LogP contribution is 2.40. The number of nitrogens with one attached hydrogen (secondary N) is 2. The third-order valence-electron chi connectivity index (χ3n) is 4.76. The van der Waals surface area contributed by atoms with Gasteiger partial charge in [-0.25, -0.2) is 18.9 Å². The fourth-order valence-electron chi connectivity index (χ4n) is 3.37. The van der Waals surface area contributed by atoms with Crippen LogP contribution < -0.4 is 10.6 Å². The second kappa shape index (κ2) is 9.88. The molecule has 4 rings (SSSR count). The number of rotatable bonds is 6. The highest BCUT2D eigenvalue weighted by Gasteiger charge is 2.24. The Morgan fingerprint density at radius 3 is 2.70 bits per heavy atom. The van der Waals surface area contributed by atoms with E-state index in [1.165, 1.54) is 36.9 Å². The molecule has 0 amide bonds. The number of aromatic nitrogens is 3. The summed E-state index contributed by atoms with van der Waals surface area (Å²) in [6, 6.07) is 15.9. The summed E-state index contributed by atoms with van der Waals surface area (Å²) in [6.45, 7) is 2.31. The predicted molar refractivity (Wildman–Crippen MR) is 131 cm³/mol. The van der Waals surface area contributed by atoms with Crippen LogP contribution in [0, 0.1) is 12.7 Å². The van der Waals surface area contributed by atoms with Gasteiger partial charge in [0.15, 0.2) is 5.11 Å². The first-order valence-electron chi connectivity index (χ1n) is 9.93. The number of thiophene rings is 1. The van der Waals surface area contributed by atoms with Crippen molar-refractivity contribution in [3.8, 4) is 11.1 Å². The molecule has 0 aliphatic carbocycles. The third-order valence-corrected chi connectivity index (χ3v) is 5.98. The van der Waals surface area contributed by atoms with E-state index in [1.54, 1.807) is 10.7 Å². The van der Waals surface area contributed by atoms with Gasteiger partial charge in [-0.2, -0.15) is 0 Å². The minimum absolute atomic E-state index is 0.226. The van der Waals surface area contributed by atoms with Gasteiger partial charge in [0, 0.05) is 10.4 Å². The van der Waals surface area contributed by atoms with Gasteiger partial charge in [0.05, 0.1) is 13.7 Å². The molecule has 0 radical (unpaired) electrons. The van der Waals surface area contributed by atoms with Crippen LogP contribution in [0.2, 0.25) is 0 Å². The van der Waals surface area contributed by atoms with Crippen molar-refractivity contribution in [3.63, 3.8) is 0 Å². The first-order chi connectivity index (χ1) is 15.9. The van der Waals surface area contributed by atoms with Crippen molar-refractivity contribution in [1.29, 1.82) is 0 Å². The number of carbonyl (C=O) groups is 1. The Hall–Kier alpha value is -3.63. The van der Waals surface area contributed by atoms with Crippen molar-refractivity contribution in [2.75, 3.05) is 17.7 Å². The van der Waals surface area contributed by atoms with E-state index >= 15 is 0 Å². The lowest BCUT2D eigenvalue weighted by molar-refractivity contribution is 0.0603. The van der Waals surface area contributed by atoms with Crippen LogP contribution in [-0.4, -0.2) is 33.0 Å². The number of methoxy groups -OCH3 is 1. The van der Waals surface area contributed by atoms with Gasteiger partial charge in [-0.3, -0.25) is 5.32 Å². The molecular formula is C23H20FN5O2S2. The monoisotopic (exact) mass is 481 g/mol. The van der Waals surface area contributed by atoms with E-state index in [1.807, 2.05) is 43.3 Å². The standard InChI is InChI=1S/C23H20FN5O2S2/c1-14-18(16-8-4-3-5-9-16)19(21(30)31-2)20(33-14)26-23(32)27-22-25-13-29(28-22)12-15-7-6-10-17(24)11-15/h3-11,13H,12H2,1-2H3,(H2,26,27,28,32). The molecule has 0 unspecified atom stereocenters. The van der Waals surface area contributed by atoms with Crippen molar-refractivity contribution in [2.45, 2.75) is 13.5 Å². The molecule has 0 aliphatic rings. The summed E-state index contributed by atoms with van der Waals surface area (Å²) in [5, 5.41) is 11.1. The van der Waals surface area contributed by atoms with Crippen LogP contribution in [0.5, 0.6) is 0 Å². The largest absolute Gasteiger partial charge is 0.465 e. The van der Waals surface area contributed by atoms with Gasteiger partial charge in [0.1, 0.15) is 22.7 Å². The number of aryl methyl sites for hydroxylation is 1. The number of benzene rings is 2. The number of thiocarbonyl (C=S) groups is 1. The lowest BCUT2D eigenvalue weighted by Gasteiger charge is -2.09. The highest BCUT2D eigenvalue weighted by molar-refractivity contribution is 7.80. The maximum Gasteiger partial charge on any atom is 0.341 e. The number of anilines is 2. The summed E-state index contributed by atoms with van der Waals surface area (Å²) in [6.07, 6.45) is 1.53. The maximum atomic E-state index is 13.4. The molecule has 0 atom stereocenters. The van der Waals surface area contributed by atoms with Crippen LogP contribution in [0.25, 0.3) is 11.1 Å². The van der Waals surface area contributed by atoms with E-state index in [9.17, 15) is 9.18 Å². The topological polar surface area (TPSA) is 81.1 Å². The second-order valence-electron chi connectivity index (χ2n) is 7.07. The number of esters is 1. The number of halogens is 1. The van der Waals surface area contributed by atoms with E-state index in [0.29, 0.717) is 17.1 Å². The molecule has 10 heteroatoms. The zero-order valence-electron chi connectivity index (χ0n) is 17.8. The van der Waals surface area contributed by atoms with Crippen molar-refractivity contribution in [2.24, 2.45) is 0 Å². The Morgan fingerprint density at radius 2 is 1.97 bits per heavy atom. The molecule has 0 fully saturated rings. The van der Waals surface area contributed by atoms with Crippen LogP contribution in [0.3, 0.4) is 0 Å².